The SMILES string of the molecule is COC(=O)C(C)CC(NC(=O)C1CCN(c2ccc(F)cc2)CC1)C(=O)NC(C)(C)Cc1ccc(F)cc1. The van der Waals surface area contributed by atoms with Crippen LogP contribution >= 0.6 is 0 Å². The molecule has 2 N–H and O–H groups in total. The third-order valence-corrected chi connectivity index (χ3v) is 6.90. The van der Waals surface area contributed by atoms with Crippen molar-refractivity contribution in [2.75, 3.05) is 25.1 Å². The molecule has 0 radical (unpaired) electrons. The molecule has 0 spiro atoms. The summed E-state index contributed by atoms with van der Waals surface area (Å²) in [7, 11) is 1.28. The second-order valence-electron chi connectivity index (χ2n) is 10.6. The monoisotopic (exact) mass is 529 g/mol. The molecule has 3 rings (SSSR count). The molecule has 7 nitrogen and oxygen atoms in total. The van der Waals surface area contributed by atoms with Gasteiger partial charge in [0.2, 0.25) is 11.8 Å². The molecule has 2 aromatic carbocycles. The van der Waals surface area contributed by atoms with Crippen LogP contribution in [0.1, 0.15) is 45.6 Å². The Bertz CT molecular complexity index is 1100. The lowest BCUT2D eigenvalue weighted by atomic mass is 9.92. The molecule has 1 aliphatic heterocycles. The lowest BCUT2D eigenvalue weighted by Crippen LogP contribution is -2.55. The minimum Gasteiger partial charge on any atom is -0.469 e. The largest absolute Gasteiger partial charge is 0.469 e. The van der Waals surface area contributed by atoms with Gasteiger partial charge in [0.25, 0.3) is 0 Å². The number of anilines is 1. The molecule has 0 bridgehead atoms. The normalized spacial score (nSPS) is 15.9. The molecule has 0 saturated carbocycles. The van der Waals surface area contributed by atoms with Gasteiger partial charge in [0.15, 0.2) is 0 Å². The van der Waals surface area contributed by atoms with E-state index < -0.39 is 29.4 Å². The van der Waals surface area contributed by atoms with Crippen molar-refractivity contribution < 1.29 is 27.9 Å². The van der Waals surface area contributed by atoms with Crippen molar-refractivity contribution in [3.8, 4) is 0 Å². The first kappa shape index (κ1) is 29.1. The zero-order valence-electron chi connectivity index (χ0n) is 22.4. The second-order valence-corrected chi connectivity index (χ2v) is 10.6. The number of piperidine rings is 1. The van der Waals surface area contributed by atoms with Crippen LogP contribution in [0, 0.1) is 23.5 Å². The van der Waals surface area contributed by atoms with Gasteiger partial charge in [-0.3, -0.25) is 14.4 Å². The second kappa shape index (κ2) is 12.8. The fourth-order valence-electron chi connectivity index (χ4n) is 4.80. The number of methoxy groups -OCH3 is 1. The van der Waals surface area contributed by atoms with Crippen LogP contribution in [0.4, 0.5) is 14.5 Å². The summed E-state index contributed by atoms with van der Waals surface area (Å²) in [5.74, 6) is -2.62. The number of nitrogens with zero attached hydrogens (tertiary/aromatic N) is 1. The zero-order valence-corrected chi connectivity index (χ0v) is 22.4. The number of rotatable bonds is 10. The third-order valence-electron chi connectivity index (χ3n) is 6.90. The Morgan fingerprint density at radius 1 is 1.00 bits per heavy atom. The van der Waals surface area contributed by atoms with Crippen LogP contribution in [0.3, 0.4) is 0 Å². The highest BCUT2D eigenvalue weighted by Crippen LogP contribution is 2.24. The van der Waals surface area contributed by atoms with Crippen LogP contribution in [0.15, 0.2) is 48.5 Å². The molecule has 2 amide bonds. The summed E-state index contributed by atoms with van der Waals surface area (Å²) in [4.78, 5) is 40.7. The number of hydrogen-bond donors (Lipinski definition) is 2. The van der Waals surface area contributed by atoms with Crippen LogP contribution in [0.5, 0.6) is 0 Å². The van der Waals surface area contributed by atoms with Crippen LogP contribution in [0.25, 0.3) is 0 Å². The van der Waals surface area contributed by atoms with Gasteiger partial charge in [-0.2, -0.15) is 0 Å². The number of ether oxygens (including phenoxy) is 1. The van der Waals surface area contributed by atoms with E-state index in [4.69, 9.17) is 4.74 Å². The van der Waals surface area contributed by atoms with E-state index in [-0.39, 0.29) is 29.9 Å². The lowest BCUT2D eigenvalue weighted by molar-refractivity contribution is -0.146. The van der Waals surface area contributed by atoms with Crippen LogP contribution in [-0.2, 0) is 25.5 Å². The molecule has 1 aliphatic rings. The molecular formula is C29H37F2N3O4. The molecule has 0 aromatic heterocycles. The van der Waals surface area contributed by atoms with Crippen molar-refractivity contribution in [1.29, 1.82) is 0 Å². The summed E-state index contributed by atoms with van der Waals surface area (Å²) >= 11 is 0. The average molecular weight is 530 g/mol. The molecular weight excluding hydrogens is 492 g/mol. The van der Waals surface area contributed by atoms with Gasteiger partial charge >= 0.3 is 5.97 Å². The molecule has 2 aromatic rings. The van der Waals surface area contributed by atoms with Gasteiger partial charge < -0.3 is 20.3 Å². The number of esters is 1. The van der Waals surface area contributed by atoms with E-state index in [0.29, 0.717) is 32.4 Å². The number of carbonyl (C=O) groups excluding carboxylic acids is 3. The van der Waals surface area contributed by atoms with Crippen LogP contribution < -0.4 is 15.5 Å². The maximum atomic E-state index is 13.4. The number of amides is 2. The van der Waals surface area contributed by atoms with Gasteiger partial charge in [-0.05, 0) is 81.5 Å². The molecule has 2 unspecified atom stereocenters. The topological polar surface area (TPSA) is 87.7 Å². The van der Waals surface area contributed by atoms with E-state index >= 15 is 0 Å². The Balaban J connectivity index is 1.64. The highest BCUT2D eigenvalue weighted by molar-refractivity contribution is 5.89. The van der Waals surface area contributed by atoms with Crippen molar-refractivity contribution in [3.63, 3.8) is 0 Å². The number of benzene rings is 2. The summed E-state index contributed by atoms with van der Waals surface area (Å²) in [6, 6.07) is 11.4. The molecule has 38 heavy (non-hydrogen) atoms. The number of halogens is 2. The van der Waals surface area contributed by atoms with E-state index in [9.17, 15) is 23.2 Å². The van der Waals surface area contributed by atoms with E-state index in [0.717, 1.165) is 11.3 Å². The predicted molar refractivity (Wildman–Crippen MR) is 141 cm³/mol. The van der Waals surface area contributed by atoms with E-state index in [2.05, 4.69) is 15.5 Å². The maximum absolute atomic E-state index is 13.4. The predicted octanol–water partition coefficient (Wildman–Crippen LogP) is 4.00. The van der Waals surface area contributed by atoms with Crippen LogP contribution in [0.2, 0.25) is 0 Å². The van der Waals surface area contributed by atoms with Crippen molar-refractivity contribution in [1.82, 2.24) is 10.6 Å². The van der Waals surface area contributed by atoms with E-state index in [1.807, 2.05) is 13.8 Å². The maximum Gasteiger partial charge on any atom is 0.308 e. The molecule has 1 heterocycles. The molecule has 9 heteroatoms. The van der Waals surface area contributed by atoms with Gasteiger partial charge in [0, 0.05) is 30.2 Å². The fourth-order valence-corrected chi connectivity index (χ4v) is 4.80. The quantitative estimate of drug-likeness (QED) is 0.455. The fraction of sp³-hybridized carbons (Fsp3) is 0.483. The van der Waals surface area contributed by atoms with Gasteiger partial charge in [0.05, 0.1) is 13.0 Å². The minimum absolute atomic E-state index is 0.0886. The standard InChI is InChI=1S/C29H37F2N3O4/c1-19(28(37)38-4)17-25(27(36)33-29(2,3)18-20-5-7-22(30)8-6-20)32-26(35)21-13-15-34(16-14-21)24-11-9-23(31)10-12-24/h5-12,19,21,25H,13-18H2,1-4H3,(H,32,35)(H,33,36). The summed E-state index contributed by atoms with van der Waals surface area (Å²) in [6.45, 7) is 6.61. The van der Waals surface area contributed by atoms with Gasteiger partial charge in [0.1, 0.15) is 17.7 Å². The summed E-state index contributed by atoms with van der Waals surface area (Å²) in [6.07, 6.45) is 1.71. The number of nitrogens with one attached hydrogen (secondary N) is 2. The van der Waals surface area contributed by atoms with Crippen molar-refractivity contribution in [2.45, 2.75) is 58.0 Å². The first-order chi connectivity index (χ1) is 18.0. The molecule has 1 saturated heterocycles. The molecule has 206 valence electrons. The van der Waals surface area contributed by atoms with Crippen molar-refractivity contribution in [2.24, 2.45) is 11.8 Å². The number of carbonyl (C=O) groups is 3. The Kier molecular flexibility index (Phi) is 9.83. The molecule has 1 fully saturated rings. The minimum atomic E-state index is -0.931. The van der Waals surface area contributed by atoms with Crippen LogP contribution in [-0.4, -0.2) is 49.6 Å². The number of hydrogen-bond acceptors (Lipinski definition) is 5. The average Bonchev–Trinajstić information content (AvgIpc) is 2.89. The summed E-state index contributed by atoms with van der Waals surface area (Å²) < 4.78 is 31.4. The van der Waals surface area contributed by atoms with E-state index in [1.54, 1.807) is 31.2 Å². The Hall–Kier alpha value is -3.49. The molecule has 2 atom stereocenters. The van der Waals surface area contributed by atoms with E-state index in [1.165, 1.54) is 31.4 Å². The first-order valence-corrected chi connectivity index (χ1v) is 12.9. The highest BCUT2D eigenvalue weighted by Gasteiger charge is 2.33. The van der Waals surface area contributed by atoms with Gasteiger partial charge in [-0.25, -0.2) is 8.78 Å². The highest BCUT2D eigenvalue weighted by atomic mass is 19.1. The van der Waals surface area contributed by atoms with Crippen molar-refractivity contribution in [3.05, 3.63) is 65.7 Å². The third kappa shape index (κ3) is 8.26. The Morgan fingerprint density at radius 2 is 1.55 bits per heavy atom. The van der Waals surface area contributed by atoms with Gasteiger partial charge in [-0.15, -0.1) is 0 Å². The lowest BCUT2D eigenvalue weighted by Gasteiger charge is -2.34. The first-order valence-electron chi connectivity index (χ1n) is 12.9. The van der Waals surface area contributed by atoms with Gasteiger partial charge in [-0.1, -0.05) is 19.1 Å². The van der Waals surface area contributed by atoms with Crippen molar-refractivity contribution >= 4 is 23.5 Å². The summed E-state index contributed by atoms with van der Waals surface area (Å²) in [5, 5.41) is 5.86. The zero-order chi connectivity index (χ0) is 27.9. The summed E-state index contributed by atoms with van der Waals surface area (Å²) in [5.41, 5.74) is 1.07. The molecule has 0 aliphatic carbocycles. The Labute approximate surface area is 222 Å². The smallest absolute Gasteiger partial charge is 0.308 e. The Morgan fingerprint density at radius 3 is 2.11 bits per heavy atom.